The Balaban J connectivity index is 1.92. The van der Waals surface area contributed by atoms with Crippen LogP contribution in [0.5, 0.6) is 0 Å². The number of alkyl halides is 3. The van der Waals surface area contributed by atoms with Crippen molar-refractivity contribution in [2.24, 2.45) is 0 Å². The summed E-state index contributed by atoms with van der Waals surface area (Å²) in [6.07, 6.45) is -1.21. The maximum absolute atomic E-state index is 12.7. The summed E-state index contributed by atoms with van der Waals surface area (Å²) < 4.78 is 38.5. The molecule has 0 saturated carbocycles. The van der Waals surface area contributed by atoms with Crippen LogP contribution < -0.4 is 4.90 Å². The van der Waals surface area contributed by atoms with Gasteiger partial charge in [-0.2, -0.15) is 13.2 Å². The molecule has 1 aromatic rings. The Hall–Kier alpha value is -0.750. The fourth-order valence-electron chi connectivity index (χ4n) is 3.43. The van der Waals surface area contributed by atoms with Gasteiger partial charge in [-0.1, -0.05) is 0 Å². The van der Waals surface area contributed by atoms with Crippen LogP contribution >= 0.6 is 15.9 Å². The Kier molecular flexibility index (Phi) is 3.49. The van der Waals surface area contributed by atoms with Crippen LogP contribution in [0.1, 0.15) is 31.2 Å². The maximum Gasteiger partial charge on any atom is 0.416 e. The molecule has 2 atom stereocenters. The first-order valence-electron chi connectivity index (χ1n) is 6.69. The fraction of sp³-hybridized carbons (Fsp3) is 0.571. The highest BCUT2D eigenvalue weighted by molar-refractivity contribution is 9.10. The smallest absolute Gasteiger partial charge is 0.393 e. The molecule has 0 aromatic heterocycles. The maximum atomic E-state index is 12.7. The van der Waals surface area contributed by atoms with Gasteiger partial charge in [0.1, 0.15) is 0 Å². The molecule has 110 valence electrons. The fourth-order valence-corrected chi connectivity index (χ4v) is 4.02. The van der Waals surface area contributed by atoms with E-state index in [0.29, 0.717) is 17.3 Å². The lowest BCUT2D eigenvalue weighted by Crippen LogP contribution is -2.45. The van der Waals surface area contributed by atoms with Gasteiger partial charge in [0.05, 0.1) is 17.4 Å². The van der Waals surface area contributed by atoms with E-state index >= 15 is 0 Å². The average molecular weight is 350 g/mol. The molecule has 2 fully saturated rings. The molecule has 1 aromatic carbocycles. The highest BCUT2D eigenvalue weighted by Crippen LogP contribution is 2.43. The number of benzene rings is 1. The molecule has 2 heterocycles. The Morgan fingerprint density at radius 1 is 1.15 bits per heavy atom. The lowest BCUT2D eigenvalue weighted by atomic mass is 9.99. The van der Waals surface area contributed by atoms with E-state index in [0.717, 1.165) is 30.7 Å². The van der Waals surface area contributed by atoms with Crippen LogP contribution in [0.4, 0.5) is 18.9 Å². The molecule has 0 amide bonds. The first kappa shape index (κ1) is 14.2. The zero-order valence-electron chi connectivity index (χ0n) is 10.7. The van der Waals surface area contributed by atoms with E-state index in [4.69, 9.17) is 0 Å². The number of hydrogen-bond acceptors (Lipinski definition) is 2. The summed E-state index contributed by atoms with van der Waals surface area (Å²) in [5.41, 5.74) is 0.162. The first-order chi connectivity index (χ1) is 9.36. The quantitative estimate of drug-likeness (QED) is 0.829. The number of aliphatic hydroxyl groups is 1. The Morgan fingerprint density at radius 2 is 1.75 bits per heavy atom. The van der Waals surface area contributed by atoms with Gasteiger partial charge in [-0.15, -0.1) is 0 Å². The summed E-state index contributed by atoms with van der Waals surface area (Å²) in [7, 11) is 0. The van der Waals surface area contributed by atoms with E-state index in [2.05, 4.69) is 20.8 Å². The largest absolute Gasteiger partial charge is 0.416 e. The summed E-state index contributed by atoms with van der Waals surface area (Å²) in [4.78, 5) is 2.18. The SMILES string of the molecule is OC1CC2CCC(C1)N2c1ccc(C(F)(F)F)cc1Br. The normalized spacial score (nSPS) is 29.9. The molecular formula is C14H15BrF3NO. The minimum Gasteiger partial charge on any atom is -0.393 e. The Labute approximate surface area is 123 Å². The molecule has 2 unspecified atom stereocenters. The summed E-state index contributed by atoms with van der Waals surface area (Å²) in [5, 5.41) is 9.79. The van der Waals surface area contributed by atoms with E-state index in [-0.39, 0.29) is 18.2 Å². The van der Waals surface area contributed by atoms with Crippen molar-refractivity contribution >= 4 is 21.6 Å². The van der Waals surface area contributed by atoms with E-state index in [1.807, 2.05) is 0 Å². The van der Waals surface area contributed by atoms with Gasteiger partial charge >= 0.3 is 6.18 Å². The van der Waals surface area contributed by atoms with Crippen LogP contribution in [-0.4, -0.2) is 23.3 Å². The predicted molar refractivity (Wildman–Crippen MR) is 73.7 cm³/mol. The molecule has 0 aliphatic carbocycles. The zero-order valence-corrected chi connectivity index (χ0v) is 12.3. The molecule has 2 saturated heterocycles. The zero-order chi connectivity index (χ0) is 14.5. The molecule has 1 N–H and O–H groups in total. The molecule has 2 aliphatic rings. The van der Waals surface area contributed by atoms with Crippen LogP contribution in [-0.2, 0) is 6.18 Å². The second-order valence-electron chi connectivity index (χ2n) is 5.58. The molecule has 6 heteroatoms. The lowest BCUT2D eigenvalue weighted by Gasteiger charge is -2.39. The van der Waals surface area contributed by atoms with Crippen molar-refractivity contribution in [3.63, 3.8) is 0 Å². The van der Waals surface area contributed by atoms with Gasteiger partial charge in [0.15, 0.2) is 0 Å². The third-order valence-corrected chi connectivity index (χ3v) is 4.90. The van der Waals surface area contributed by atoms with Crippen LogP contribution in [0.3, 0.4) is 0 Å². The first-order valence-corrected chi connectivity index (χ1v) is 7.48. The highest BCUT2D eigenvalue weighted by atomic mass is 79.9. The molecule has 20 heavy (non-hydrogen) atoms. The number of rotatable bonds is 1. The van der Waals surface area contributed by atoms with Crippen LogP contribution in [0.2, 0.25) is 0 Å². The van der Waals surface area contributed by atoms with Crippen LogP contribution in [0.15, 0.2) is 22.7 Å². The van der Waals surface area contributed by atoms with Gasteiger partial charge < -0.3 is 10.0 Å². The van der Waals surface area contributed by atoms with E-state index in [9.17, 15) is 18.3 Å². The standard InChI is InChI=1S/C14H15BrF3NO/c15-12-5-8(14(16,17)18)1-4-13(12)19-9-2-3-10(19)7-11(20)6-9/h1,4-5,9-11,20H,2-3,6-7H2. The number of halogens is 4. The number of aliphatic hydroxyl groups excluding tert-OH is 1. The molecule has 2 bridgehead atoms. The summed E-state index contributed by atoms with van der Waals surface area (Å²) in [6, 6.07) is 4.27. The van der Waals surface area contributed by atoms with Crippen molar-refractivity contribution in [2.45, 2.75) is 50.0 Å². The predicted octanol–water partition coefficient (Wildman–Crippen LogP) is 3.96. The van der Waals surface area contributed by atoms with Gasteiger partial charge in [0.2, 0.25) is 0 Å². The van der Waals surface area contributed by atoms with E-state index in [1.165, 1.54) is 6.07 Å². The summed E-state index contributed by atoms with van der Waals surface area (Å²) in [6.45, 7) is 0. The number of nitrogens with zero attached hydrogens (tertiary/aromatic N) is 1. The van der Waals surface area contributed by atoms with E-state index < -0.39 is 11.7 Å². The van der Waals surface area contributed by atoms with Crippen molar-refractivity contribution < 1.29 is 18.3 Å². The minimum absolute atomic E-state index is 0.233. The third kappa shape index (κ3) is 2.44. The van der Waals surface area contributed by atoms with Crippen molar-refractivity contribution in [2.75, 3.05) is 4.90 Å². The molecule has 2 nitrogen and oxygen atoms in total. The average Bonchev–Trinajstić information content (AvgIpc) is 2.61. The second kappa shape index (κ2) is 4.91. The molecule has 3 rings (SSSR count). The van der Waals surface area contributed by atoms with E-state index in [1.54, 1.807) is 0 Å². The van der Waals surface area contributed by atoms with Crippen LogP contribution in [0.25, 0.3) is 0 Å². The van der Waals surface area contributed by atoms with Gasteiger partial charge in [-0.3, -0.25) is 0 Å². The second-order valence-corrected chi connectivity index (χ2v) is 6.44. The summed E-state index contributed by atoms with van der Waals surface area (Å²) >= 11 is 3.27. The summed E-state index contributed by atoms with van der Waals surface area (Å²) in [5.74, 6) is 0. The number of piperidine rings is 1. The topological polar surface area (TPSA) is 23.5 Å². The van der Waals surface area contributed by atoms with Gasteiger partial charge in [-0.25, -0.2) is 0 Å². The highest BCUT2D eigenvalue weighted by Gasteiger charge is 2.41. The molecular weight excluding hydrogens is 335 g/mol. The molecule has 2 aliphatic heterocycles. The van der Waals surface area contributed by atoms with Crippen molar-refractivity contribution in [1.82, 2.24) is 0 Å². The van der Waals surface area contributed by atoms with Crippen LogP contribution in [0, 0.1) is 0 Å². The monoisotopic (exact) mass is 349 g/mol. The lowest BCUT2D eigenvalue weighted by molar-refractivity contribution is -0.137. The number of anilines is 1. The number of fused-ring (bicyclic) bond motifs is 2. The molecule has 0 radical (unpaired) electrons. The van der Waals surface area contributed by atoms with Gasteiger partial charge in [0.25, 0.3) is 0 Å². The van der Waals surface area contributed by atoms with Gasteiger partial charge in [0, 0.05) is 16.6 Å². The van der Waals surface area contributed by atoms with Crippen molar-refractivity contribution in [3.8, 4) is 0 Å². The van der Waals surface area contributed by atoms with Crippen molar-refractivity contribution in [3.05, 3.63) is 28.2 Å². The van der Waals surface area contributed by atoms with Crippen molar-refractivity contribution in [1.29, 1.82) is 0 Å². The Morgan fingerprint density at radius 3 is 2.25 bits per heavy atom. The third-order valence-electron chi connectivity index (χ3n) is 4.26. The van der Waals surface area contributed by atoms with Gasteiger partial charge in [-0.05, 0) is 59.8 Å². The molecule has 0 spiro atoms. The number of hydrogen-bond donors (Lipinski definition) is 1. The minimum atomic E-state index is -4.32. The Bertz CT molecular complexity index is 506.